The van der Waals surface area contributed by atoms with Gasteiger partial charge in [-0.25, -0.2) is 0 Å². The first-order chi connectivity index (χ1) is 7.75. The first-order valence-corrected chi connectivity index (χ1v) is 6.95. The number of hydrogen-bond donors (Lipinski definition) is 1. The minimum atomic E-state index is 0.304. The quantitative estimate of drug-likeness (QED) is 0.586. The average molecular weight is 256 g/mol. The van der Waals surface area contributed by atoms with Gasteiger partial charge in [-0.05, 0) is 18.6 Å². The SMILES string of the molecule is C=CCSCCNC(C)c1ccccc1Cl. The Morgan fingerprint density at radius 2 is 2.25 bits per heavy atom. The Bertz CT molecular complexity index is 327. The lowest BCUT2D eigenvalue weighted by atomic mass is 10.1. The Morgan fingerprint density at radius 3 is 2.94 bits per heavy atom. The normalized spacial score (nSPS) is 12.4. The molecule has 0 radical (unpaired) electrons. The number of hydrogen-bond acceptors (Lipinski definition) is 2. The van der Waals surface area contributed by atoms with Crippen LogP contribution in [0.25, 0.3) is 0 Å². The van der Waals surface area contributed by atoms with Crippen molar-refractivity contribution in [3.63, 3.8) is 0 Å². The van der Waals surface area contributed by atoms with Crippen LogP contribution < -0.4 is 5.32 Å². The van der Waals surface area contributed by atoms with Gasteiger partial charge in [0.2, 0.25) is 0 Å². The van der Waals surface area contributed by atoms with E-state index in [2.05, 4.69) is 24.9 Å². The van der Waals surface area contributed by atoms with Gasteiger partial charge in [-0.3, -0.25) is 0 Å². The number of rotatable bonds is 7. The van der Waals surface area contributed by atoms with E-state index in [1.54, 1.807) is 0 Å². The van der Waals surface area contributed by atoms with Crippen molar-refractivity contribution >= 4 is 23.4 Å². The highest BCUT2D eigenvalue weighted by molar-refractivity contribution is 7.99. The summed E-state index contributed by atoms with van der Waals surface area (Å²) in [4.78, 5) is 0. The summed E-state index contributed by atoms with van der Waals surface area (Å²) < 4.78 is 0. The Morgan fingerprint density at radius 1 is 1.50 bits per heavy atom. The van der Waals surface area contributed by atoms with Crippen LogP contribution >= 0.6 is 23.4 Å². The number of thioether (sulfide) groups is 1. The smallest absolute Gasteiger partial charge is 0.0453 e. The molecule has 1 nitrogen and oxygen atoms in total. The summed E-state index contributed by atoms with van der Waals surface area (Å²) in [5.74, 6) is 2.11. The summed E-state index contributed by atoms with van der Waals surface area (Å²) in [6.07, 6.45) is 1.93. The molecule has 0 spiro atoms. The van der Waals surface area contributed by atoms with Crippen molar-refractivity contribution in [1.82, 2.24) is 5.32 Å². The molecule has 0 aromatic heterocycles. The summed E-state index contributed by atoms with van der Waals surface area (Å²) in [5, 5.41) is 4.29. The van der Waals surface area contributed by atoms with Crippen LogP contribution in [-0.4, -0.2) is 18.1 Å². The summed E-state index contributed by atoms with van der Waals surface area (Å²) in [6.45, 7) is 6.82. The van der Waals surface area contributed by atoms with Crippen LogP contribution in [0, 0.1) is 0 Å². The molecule has 88 valence electrons. The molecule has 0 saturated heterocycles. The molecule has 0 saturated carbocycles. The molecule has 1 N–H and O–H groups in total. The maximum atomic E-state index is 6.12. The van der Waals surface area contributed by atoms with Crippen LogP contribution in [0.3, 0.4) is 0 Å². The second-order valence-corrected chi connectivity index (χ2v) is 5.12. The lowest BCUT2D eigenvalue weighted by Gasteiger charge is -2.15. The molecular formula is C13H18ClNS. The molecule has 0 aliphatic heterocycles. The summed E-state index contributed by atoms with van der Waals surface area (Å²) in [7, 11) is 0. The number of halogens is 1. The minimum Gasteiger partial charge on any atom is -0.309 e. The molecule has 0 heterocycles. The van der Waals surface area contributed by atoms with Crippen LogP contribution in [0.2, 0.25) is 5.02 Å². The Labute approximate surface area is 107 Å². The monoisotopic (exact) mass is 255 g/mol. The Kier molecular flexibility index (Phi) is 6.62. The van der Waals surface area contributed by atoms with E-state index >= 15 is 0 Å². The second-order valence-electron chi connectivity index (χ2n) is 3.56. The van der Waals surface area contributed by atoms with Gasteiger partial charge in [0.1, 0.15) is 0 Å². The molecule has 1 atom stereocenters. The molecule has 0 amide bonds. The fourth-order valence-corrected chi connectivity index (χ4v) is 2.35. The van der Waals surface area contributed by atoms with Crippen LogP contribution in [0.5, 0.6) is 0 Å². The third-order valence-electron chi connectivity index (χ3n) is 2.30. The van der Waals surface area contributed by atoms with Gasteiger partial charge in [0.05, 0.1) is 0 Å². The Balaban J connectivity index is 2.32. The van der Waals surface area contributed by atoms with Crippen molar-refractivity contribution in [2.45, 2.75) is 13.0 Å². The fraction of sp³-hybridized carbons (Fsp3) is 0.385. The lowest BCUT2D eigenvalue weighted by molar-refractivity contribution is 0.601. The van der Waals surface area contributed by atoms with Gasteiger partial charge in [0.25, 0.3) is 0 Å². The predicted octanol–water partition coefficient (Wildman–Crippen LogP) is 3.91. The minimum absolute atomic E-state index is 0.304. The number of nitrogens with one attached hydrogen (secondary N) is 1. The van der Waals surface area contributed by atoms with E-state index < -0.39 is 0 Å². The largest absolute Gasteiger partial charge is 0.309 e. The van der Waals surface area contributed by atoms with E-state index in [1.165, 1.54) is 0 Å². The molecule has 1 aromatic carbocycles. The highest BCUT2D eigenvalue weighted by Crippen LogP contribution is 2.21. The van der Waals surface area contributed by atoms with Crippen LogP contribution in [0.1, 0.15) is 18.5 Å². The molecule has 0 fully saturated rings. The molecule has 0 bridgehead atoms. The lowest BCUT2D eigenvalue weighted by Crippen LogP contribution is -2.21. The van der Waals surface area contributed by atoms with Crippen LogP contribution in [0.4, 0.5) is 0 Å². The summed E-state index contributed by atoms with van der Waals surface area (Å²) in [6, 6.07) is 8.28. The van der Waals surface area contributed by atoms with Crippen molar-refractivity contribution in [3.8, 4) is 0 Å². The van der Waals surface area contributed by atoms with Gasteiger partial charge in [-0.1, -0.05) is 35.9 Å². The third-order valence-corrected chi connectivity index (χ3v) is 3.61. The van der Waals surface area contributed by atoms with E-state index in [0.717, 1.165) is 28.6 Å². The highest BCUT2D eigenvalue weighted by atomic mass is 35.5. The molecule has 16 heavy (non-hydrogen) atoms. The second kappa shape index (κ2) is 7.77. The van der Waals surface area contributed by atoms with Crippen molar-refractivity contribution in [3.05, 3.63) is 47.5 Å². The van der Waals surface area contributed by atoms with Gasteiger partial charge in [0.15, 0.2) is 0 Å². The van der Waals surface area contributed by atoms with Crippen LogP contribution in [-0.2, 0) is 0 Å². The molecular weight excluding hydrogens is 238 g/mol. The zero-order valence-electron chi connectivity index (χ0n) is 9.58. The van der Waals surface area contributed by atoms with Crippen LogP contribution in [0.15, 0.2) is 36.9 Å². The molecule has 3 heteroatoms. The molecule has 1 aromatic rings. The van der Waals surface area contributed by atoms with Gasteiger partial charge >= 0.3 is 0 Å². The van der Waals surface area contributed by atoms with E-state index in [9.17, 15) is 0 Å². The fourth-order valence-electron chi connectivity index (χ4n) is 1.45. The third kappa shape index (κ3) is 4.60. The number of benzene rings is 1. The van der Waals surface area contributed by atoms with Gasteiger partial charge in [-0.2, -0.15) is 11.8 Å². The molecule has 1 unspecified atom stereocenters. The zero-order valence-corrected chi connectivity index (χ0v) is 11.2. The molecule has 1 rings (SSSR count). The van der Waals surface area contributed by atoms with Crippen molar-refractivity contribution in [2.24, 2.45) is 0 Å². The highest BCUT2D eigenvalue weighted by Gasteiger charge is 2.07. The molecule has 0 aliphatic rings. The molecule has 0 aliphatic carbocycles. The van der Waals surface area contributed by atoms with Crippen molar-refractivity contribution < 1.29 is 0 Å². The van der Waals surface area contributed by atoms with Gasteiger partial charge in [-0.15, -0.1) is 6.58 Å². The van der Waals surface area contributed by atoms with E-state index in [4.69, 9.17) is 11.6 Å². The van der Waals surface area contributed by atoms with Gasteiger partial charge in [0, 0.05) is 29.1 Å². The maximum absolute atomic E-state index is 6.12. The maximum Gasteiger partial charge on any atom is 0.0453 e. The van der Waals surface area contributed by atoms with Crippen molar-refractivity contribution in [1.29, 1.82) is 0 Å². The van der Waals surface area contributed by atoms with Gasteiger partial charge < -0.3 is 5.32 Å². The first kappa shape index (κ1) is 13.6. The average Bonchev–Trinajstić information content (AvgIpc) is 2.29. The Hall–Kier alpha value is -0.440. The van der Waals surface area contributed by atoms with E-state index in [0.29, 0.717) is 6.04 Å². The van der Waals surface area contributed by atoms with Crippen molar-refractivity contribution in [2.75, 3.05) is 18.1 Å². The standard InChI is InChI=1S/C13H18ClNS/c1-3-9-16-10-8-15-11(2)12-6-4-5-7-13(12)14/h3-7,11,15H,1,8-10H2,2H3. The first-order valence-electron chi connectivity index (χ1n) is 5.42. The predicted molar refractivity (Wildman–Crippen MR) is 75.4 cm³/mol. The zero-order chi connectivity index (χ0) is 11.8. The summed E-state index contributed by atoms with van der Waals surface area (Å²) >= 11 is 8.00. The van der Waals surface area contributed by atoms with E-state index in [-0.39, 0.29) is 0 Å². The summed E-state index contributed by atoms with van der Waals surface area (Å²) in [5.41, 5.74) is 1.16. The topological polar surface area (TPSA) is 12.0 Å². The van der Waals surface area contributed by atoms with E-state index in [1.807, 2.05) is 36.0 Å².